The first-order valence-corrected chi connectivity index (χ1v) is 15.6. The van der Waals surface area contributed by atoms with Crippen molar-refractivity contribution in [3.05, 3.63) is 108 Å². The number of benzene rings is 3. The summed E-state index contributed by atoms with van der Waals surface area (Å²) in [7, 11) is 0. The van der Waals surface area contributed by atoms with Crippen molar-refractivity contribution in [3.8, 4) is 0 Å². The van der Waals surface area contributed by atoms with E-state index in [1.165, 1.54) is 0 Å². The van der Waals surface area contributed by atoms with Gasteiger partial charge in [0, 0.05) is 39.3 Å². The van der Waals surface area contributed by atoms with E-state index in [2.05, 4.69) is 0 Å². The lowest BCUT2D eigenvalue weighted by Gasteiger charge is -2.46. The number of carbonyl (C=O) groups is 2. The van der Waals surface area contributed by atoms with E-state index in [0.717, 1.165) is 16.7 Å². The molecule has 0 aliphatic rings. The van der Waals surface area contributed by atoms with Crippen molar-refractivity contribution in [2.75, 3.05) is 39.3 Å². The molecule has 0 fully saturated rings. The van der Waals surface area contributed by atoms with Crippen LogP contribution < -0.4 is 10.6 Å². The van der Waals surface area contributed by atoms with Gasteiger partial charge in [0.25, 0.3) is 0 Å². The Labute approximate surface area is 283 Å². The second kappa shape index (κ2) is 17.7. The third kappa shape index (κ3) is 10.9. The average molecular weight is 721 g/mol. The molecule has 0 aromatic heterocycles. The molecular weight excluding hydrogens is 683 g/mol. The summed E-state index contributed by atoms with van der Waals surface area (Å²) in [6.45, 7) is -1.84. The molecule has 3 aromatic carbocycles. The van der Waals surface area contributed by atoms with Gasteiger partial charge in [-0.15, -0.1) is 0 Å². The fraction of sp³-hybridized carbons (Fsp3) is 0.412. The second-order valence-corrected chi connectivity index (χ2v) is 11.3. The molecule has 0 bridgehead atoms. The lowest BCUT2D eigenvalue weighted by Crippen LogP contribution is -2.51. The minimum atomic E-state index is -5.17. The van der Waals surface area contributed by atoms with Gasteiger partial charge in [-0.1, -0.05) is 91.0 Å². The van der Waals surface area contributed by atoms with Gasteiger partial charge < -0.3 is 15.7 Å². The minimum absolute atomic E-state index is 0.00383. The standard InChI is InChI=1S/C34H37F9N4O3/c35-32(36,37)28(48)44-19-10-21-46(30(50)34(41,42)43)22-12-24-47(23-11-20-45-29(49)33(38,39)40)31(25-13-4-1-5-14-25,26-15-6-2-7-16-26)27-17-8-3-9-18-27/h1-9,13-18,30,50H,10-12,19-24H2,(H,44,48)(H,45,49). The van der Waals surface area contributed by atoms with Gasteiger partial charge in [-0.05, 0) is 36.0 Å². The van der Waals surface area contributed by atoms with E-state index in [4.69, 9.17) is 0 Å². The van der Waals surface area contributed by atoms with Gasteiger partial charge >= 0.3 is 30.3 Å². The Morgan fingerprint density at radius 1 is 0.560 bits per heavy atom. The second-order valence-electron chi connectivity index (χ2n) is 11.3. The topological polar surface area (TPSA) is 84.9 Å². The van der Waals surface area contributed by atoms with Crippen LogP contribution in [-0.4, -0.2) is 90.7 Å². The number of halogens is 9. The molecule has 0 aliphatic heterocycles. The van der Waals surface area contributed by atoms with E-state index in [1.807, 2.05) is 46.6 Å². The zero-order valence-electron chi connectivity index (χ0n) is 26.7. The summed E-state index contributed by atoms with van der Waals surface area (Å²) in [5.74, 6) is -4.37. The van der Waals surface area contributed by atoms with Gasteiger partial charge in [0.15, 0.2) is 0 Å². The van der Waals surface area contributed by atoms with Crippen molar-refractivity contribution < 1.29 is 54.2 Å². The molecular formula is C34H37F9N4O3. The number of aliphatic hydroxyl groups excluding tert-OH is 1. The number of hydrogen-bond acceptors (Lipinski definition) is 5. The summed E-state index contributed by atoms with van der Waals surface area (Å²) in [6, 6.07) is 27.1. The van der Waals surface area contributed by atoms with E-state index in [-0.39, 0.29) is 38.9 Å². The van der Waals surface area contributed by atoms with Gasteiger partial charge in [0.05, 0.1) is 5.54 Å². The van der Waals surface area contributed by atoms with Crippen LogP contribution in [0.3, 0.4) is 0 Å². The molecule has 0 spiro atoms. The molecule has 274 valence electrons. The molecule has 0 aliphatic carbocycles. The Bertz CT molecular complexity index is 1380. The lowest BCUT2D eigenvalue weighted by molar-refractivity contribution is -0.250. The van der Waals surface area contributed by atoms with Gasteiger partial charge in [0.2, 0.25) is 6.23 Å². The monoisotopic (exact) mass is 720 g/mol. The van der Waals surface area contributed by atoms with Crippen LogP contribution in [0.25, 0.3) is 0 Å². The molecule has 7 nitrogen and oxygen atoms in total. The average Bonchev–Trinajstić information content (AvgIpc) is 3.07. The molecule has 50 heavy (non-hydrogen) atoms. The highest BCUT2D eigenvalue weighted by atomic mass is 19.4. The highest BCUT2D eigenvalue weighted by Gasteiger charge is 2.44. The largest absolute Gasteiger partial charge is 0.471 e. The van der Waals surface area contributed by atoms with E-state index in [0.29, 0.717) is 4.90 Å². The minimum Gasteiger partial charge on any atom is -0.370 e. The van der Waals surface area contributed by atoms with Crippen molar-refractivity contribution in [3.63, 3.8) is 0 Å². The summed E-state index contributed by atoms with van der Waals surface area (Å²) in [5, 5.41) is 13.6. The van der Waals surface area contributed by atoms with Crippen molar-refractivity contribution in [2.45, 2.75) is 49.6 Å². The number of carbonyl (C=O) groups excluding carboxylic acids is 2. The smallest absolute Gasteiger partial charge is 0.370 e. The first-order valence-electron chi connectivity index (χ1n) is 15.6. The molecule has 0 saturated carbocycles. The fourth-order valence-corrected chi connectivity index (χ4v) is 5.72. The maximum Gasteiger partial charge on any atom is 0.471 e. The third-order valence-electron chi connectivity index (χ3n) is 7.87. The summed E-state index contributed by atoms with van der Waals surface area (Å²) in [5.41, 5.74) is 1.03. The SMILES string of the molecule is O=C(NCCCN(CCCN(CCCNC(=O)C(F)(F)F)C(c1ccccc1)(c1ccccc1)c1ccccc1)C(O)C(F)(F)F)C(F)(F)F. The molecule has 1 atom stereocenters. The molecule has 3 aromatic rings. The molecule has 0 saturated heterocycles. The van der Waals surface area contributed by atoms with Crippen LogP contribution in [-0.2, 0) is 15.1 Å². The summed E-state index contributed by atoms with van der Waals surface area (Å²) < 4.78 is 117. The lowest BCUT2D eigenvalue weighted by atomic mass is 9.75. The van der Waals surface area contributed by atoms with Gasteiger partial charge in [0.1, 0.15) is 0 Å². The van der Waals surface area contributed by atoms with E-state index >= 15 is 0 Å². The highest BCUT2D eigenvalue weighted by molar-refractivity contribution is 5.81. The van der Waals surface area contributed by atoms with Gasteiger partial charge in [-0.3, -0.25) is 19.4 Å². The maximum atomic E-state index is 13.7. The van der Waals surface area contributed by atoms with Crippen LogP contribution in [0, 0.1) is 0 Å². The molecule has 0 radical (unpaired) electrons. The van der Waals surface area contributed by atoms with Crippen LogP contribution in [0.2, 0.25) is 0 Å². The highest BCUT2D eigenvalue weighted by Crippen LogP contribution is 2.42. The quantitative estimate of drug-likeness (QED) is 0.0691. The Hall–Kier alpha value is -4.15. The van der Waals surface area contributed by atoms with E-state index in [1.54, 1.807) is 59.9 Å². The fourth-order valence-electron chi connectivity index (χ4n) is 5.72. The Morgan fingerprint density at radius 3 is 1.26 bits per heavy atom. The predicted octanol–water partition coefficient (Wildman–Crippen LogP) is 5.99. The number of hydrogen-bond donors (Lipinski definition) is 3. The van der Waals surface area contributed by atoms with E-state index in [9.17, 15) is 54.2 Å². The first kappa shape index (κ1) is 40.3. The number of amides is 2. The Balaban J connectivity index is 1.98. The van der Waals surface area contributed by atoms with Crippen LogP contribution in [0.15, 0.2) is 91.0 Å². The molecule has 16 heteroatoms. The van der Waals surface area contributed by atoms with Crippen LogP contribution >= 0.6 is 0 Å². The summed E-state index contributed by atoms with van der Waals surface area (Å²) >= 11 is 0. The summed E-state index contributed by atoms with van der Waals surface area (Å²) in [6.07, 6.45) is -18.7. The Kier molecular flexibility index (Phi) is 14.2. The molecule has 3 N–H and O–H groups in total. The summed E-state index contributed by atoms with van der Waals surface area (Å²) in [4.78, 5) is 25.2. The number of nitrogens with one attached hydrogen (secondary N) is 2. The van der Waals surface area contributed by atoms with Crippen molar-refractivity contribution >= 4 is 11.8 Å². The molecule has 2 amide bonds. The van der Waals surface area contributed by atoms with Crippen LogP contribution in [0.1, 0.15) is 36.0 Å². The molecule has 3 rings (SSSR count). The number of alkyl halides is 9. The third-order valence-corrected chi connectivity index (χ3v) is 7.87. The zero-order valence-corrected chi connectivity index (χ0v) is 26.7. The predicted molar refractivity (Wildman–Crippen MR) is 166 cm³/mol. The zero-order chi connectivity index (χ0) is 37.0. The van der Waals surface area contributed by atoms with Crippen molar-refractivity contribution in [1.82, 2.24) is 20.4 Å². The van der Waals surface area contributed by atoms with Crippen LogP contribution in [0.4, 0.5) is 39.5 Å². The number of aliphatic hydroxyl groups is 1. The van der Waals surface area contributed by atoms with Crippen molar-refractivity contribution in [2.24, 2.45) is 0 Å². The number of nitrogens with zero attached hydrogens (tertiary/aromatic N) is 2. The van der Waals surface area contributed by atoms with Gasteiger partial charge in [-0.2, -0.15) is 39.5 Å². The van der Waals surface area contributed by atoms with Crippen LogP contribution in [0.5, 0.6) is 0 Å². The molecule has 1 unspecified atom stereocenters. The van der Waals surface area contributed by atoms with E-state index < -0.39 is 61.7 Å². The van der Waals surface area contributed by atoms with Gasteiger partial charge in [-0.25, -0.2) is 0 Å². The maximum absolute atomic E-state index is 13.7. The van der Waals surface area contributed by atoms with Crippen molar-refractivity contribution in [1.29, 1.82) is 0 Å². The normalized spacial score (nSPS) is 13.4. The first-order chi connectivity index (χ1) is 23.5. The number of rotatable bonds is 17. The Morgan fingerprint density at radius 2 is 0.900 bits per heavy atom. The molecule has 0 heterocycles.